The number of rotatable bonds is 9. The van der Waals surface area contributed by atoms with Crippen molar-refractivity contribution >= 4 is 28.6 Å². The van der Waals surface area contributed by atoms with Gasteiger partial charge in [0.05, 0.1) is 26.3 Å². The molecule has 0 radical (unpaired) electrons. The van der Waals surface area contributed by atoms with Gasteiger partial charge in [0.2, 0.25) is 5.91 Å². The van der Waals surface area contributed by atoms with Crippen LogP contribution in [0.15, 0.2) is 47.8 Å². The van der Waals surface area contributed by atoms with Crippen LogP contribution >= 0.6 is 11.3 Å². The number of nitrogens with one attached hydrogen (secondary N) is 1. The zero-order valence-corrected chi connectivity index (χ0v) is 18.6. The fraction of sp³-hybridized carbons (Fsp3) is 0.304. The largest absolute Gasteiger partial charge is 0.493 e. The van der Waals surface area contributed by atoms with E-state index < -0.39 is 0 Å². The standard InChI is InChI=1S/C23H27N3O3S/c1-5-26(6-2)19-10-8-17(9-11-19)24-22(27)14-18-15-30-23(25-18)16-7-12-20(28-3)21(13-16)29-4/h7-13,15H,5-6,14H2,1-4H3,(H,24,27). The summed E-state index contributed by atoms with van der Waals surface area (Å²) in [5, 5.41) is 5.69. The Labute approximate surface area is 181 Å². The maximum Gasteiger partial charge on any atom is 0.230 e. The zero-order valence-electron chi connectivity index (χ0n) is 17.8. The molecular formula is C23H27N3O3S. The molecule has 2 aromatic carbocycles. The first-order valence-electron chi connectivity index (χ1n) is 9.89. The average molecular weight is 426 g/mol. The number of amides is 1. The molecule has 0 saturated heterocycles. The summed E-state index contributed by atoms with van der Waals surface area (Å²) in [6, 6.07) is 13.6. The molecule has 3 aromatic rings. The quantitative estimate of drug-likeness (QED) is 0.531. The maximum atomic E-state index is 12.4. The SMILES string of the molecule is CCN(CC)c1ccc(NC(=O)Cc2csc(-c3ccc(OC)c(OC)c3)n2)cc1. The van der Waals surface area contributed by atoms with E-state index in [0.717, 1.165) is 40.7 Å². The van der Waals surface area contributed by atoms with E-state index in [9.17, 15) is 4.79 Å². The van der Waals surface area contributed by atoms with E-state index in [4.69, 9.17) is 9.47 Å². The minimum Gasteiger partial charge on any atom is -0.493 e. The van der Waals surface area contributed by atoms with Crippen LogP contribution in [-0.4, -0.2) is 38.2 Å². The van der Waals surface area contributed by atoms with Crippen LogP contribution in [0, 0.1) is 0 Å². The third kappa shape index (κ3) is 5.10. The number of carbonyl (C=O) groups is 1. The maximum absolute atomic E-state index is 12.4. The van der Waals surface area contributed by atoms with E-state index >= 15 is 0 Å². The van der Waals surface area contributed by atoms with Gasteiger partial charge in [0.25, 0.3) is 0 Å². The Balaban J connectivity index is 1.64. The Kier molecular flexibility index (Phi) is 7.30. The van der Waals surface area contributed by atoms with Gasteiger partial charge in [-0.1, -0.05) is 0 Å². The molecule has 1 amide bonds. The molecule has 0 aliphatic rings. The summed E-state index contributed by atoms with van der Waals surface area (Å²) in [7, 11) is 3.21. The molecule has 0 bridgehead atoms. The molecule has 158 valence electrons. The van der Waals surface area contributed by atoms with Crippen molar-refractivity contribution in [1.29, 1.82) is 0 Å². The second kappa shape index (κ2) is 10.1. The molecule has 0 fully saturated rings. The molecule has 0 spiro atoms. The van der Waals surface area contributed by atoms with Gasteiger partial charge in [-0.2, -0.15) is 0 Å². The fourth-order valence-electron chi connectivity index (χ4n) is 3.20. The van der Waals surface area contributed by atoms with Crippen molar-refractivity contribution in [3.8, 4) is 22.1 Å². The first kappa shape index (κ1) is 21.6. The van der Waals surface area contributed by atoms with Crippen molar-refractivity contribution in [1.82, 2.24) is 4.98 Å². The summed E-state index contributed by atoms with van der Waals surface area (Å²) in [5.74, 6) is 1.23. The molecule has 0 atom stereocenters. The Morgan fingerprint density at radius 3 is 2.37 bits per heavy atom. The lowest BCUT2D eigenvalue weighted by molar-refractivity contribution is -0.115. The predicted molar refractivity (Wildman–Crippen MR) is 123 cm³/mol. The third-order valence-electron chi connectivity index (χ3n) is 4.80. The van der Waals surface area contributed by atoms with Crippen LogP contribution in [0.1, 0.15) is 19.5 Å². The Hall–Kier alpha value is -3.06. The monoisotopic (exact) mass is 425 g/mol. The van der Waals surface area contributed by atoms with Crippen LogP contribution < -0.4 is 19.7 Å². The summed E-state index contributed by atoms with van der Waals surface area (Å²) in [6.07, 6.45) is 0.224. The van der Waals surface area contributed by atoms with Gasteiger partial charge in [-0.25, -0.2) is 4.98 Å². The predicted octanol–water partition coefficient (Wildman–Crippen LogP) is 4.85. The number of thiazole rings is 1. The second-order valence-electron chi connectivity index (χ2n) is 6.66. The second-order valence-corrected chi connectivity index (χ2v) is 7.52. The van der Waals surface area contributed by atoms with Gasteiger partial charge in [0, 0.05) is 35.4 Å². The van der Waals surface area contributed by atoms with Gasteiger partial charge >= 0.3 is 0 Å². The number of hydrogen-bond acceptors (Lipinski definition) is 6. The van der Waals surface area contributed by atoms with Crippen molar-refractivity contribution in [2.45, 2.75) is 20.3 Å². The van der Waals surface area contributed by atoms with Crippen LogP contribution in [0.25, 0.3) is 10.6 Å². The molecule has 3 rings (SSSR count). The van der Waals surface area contributed by atoms with E-state index in [0.29, 0.717) is 11.5 Å². The smallest absolute Gasteiger partial charge is 0.230 e. The Morgan fingerprint density at radius 2 is 1.73 bits per heavy atom. The van der Waals surface area contributed by atoms with Crippen LogP contribution in [-0.2, 0) is 11.2 Å². The fourth-order valence-corrected chi connectivity index (χ4v) is 4.02. The summed E-state index contributed by atoms with van der Waals surface area (Å²) in [6.45, 7) is 6.16. The van der Waals surface area contributed by atoms with Crippen LogP contribution in [0.5, 0.6) is 11.5 Å². The lowest BCUT2D eigenvalue weighted by Gasteiger charge is -2.21. The average Bonchev–Trinajstić information content (AvgIpc) is 3.23. The van der Waals surface area contributed by atoms with Gasteiger partial charge in [0.15, 0.2) is 11.5 Å². The summed E-state index contributed by atoms with van der Waals surface area (Å²) in [4.78, 5) is 19.3. The minimum atomic E-state index is -0.0882. The van der Waals surface area contributed by atoms with Gasteiger partial charge in [-0.3, -0.25) is 4.79 Å². The molecule has 0 aliphatic heterocycles. The van der Waals surface area contributed by atoms with Crippen molar-refractivity contribution in [3.63, 3.8) is 0 Å². The van der Waals surface area contributed by atoms with E-state index in [2.05, 4.69) is 29.0 Å². The highest BCUT2D eigenvalue weighted by atomic mass is 32.1. The summed E-state index contributed by atoms with van der Waals surface area (Å²) in [5.41, 5.74) is 3.60. The van der Waals surface area contributed by atoms with Gasteiger partial charge in [-0.05, 0) is 56.3 Å². The number of methoxy groups -OCH3 is 2. The number of nitrogens with zero attached hydrogens (tertiary/aromatic N) is 2. The summed E-state index contributed by atoms with van der Waals surface area (Å²) >= 11 is 1.50. The van der Waals surface area contributed by atoms with Crippen molar-refractivity contribution < 1.29 is 14.3 Å². The highest BCUT2D eigenvalue weighted by Gasteiger charge is 2.12. The molecule has 0 aliphatic carbocycles. The molecule has 30 heavy (non-hydrogen) atoms. The van der Waals surface area contributed by atoms with Crippen molar-refractivity contribution in [2.24, 2.45) is 0 Å². The number of aromatic nitrogens is 1. The molecule has 0 saturated carbocycles. The first-order valence-corrected chi connectivity index (χ1v) is 10.8. The highest BCUT2D eigenvalue weighted by molar-refractivity contribution is 7.13. The normalized spacial score (nSPS) is 10.5. The zero-order chi connectivity index (χ0) is 21.5. The minimum absolute atomic E-state index is 0.0882. The molecule has 1 heterocycles. The lowest BCUT2D eigenvalue weighted by Crippen LogP contribution is -2.21. The molecule has 1 N–H and O–H groups in total. The third-order valence-corrected chi connectivity index (χ3v) is 5.74. The number of anilines is 2. The number of carbonyl (C=O) groups excluding carboxylic acids is 1. The van der Waals surface area contributed by atoms with Crippen LogP contribution in [0.2, 0.25) is 0 Å². The molecular weight excluding hydrogens is 398 g/mol. The lowest BCUT2D eigenvalue weighted by atomic mass is 10.2. The molecule has 7 heteroatoms. The van der Waals surface area contributed by atoms with Crippen molar-refractivity contribution in [2.75, 3.05) is 37.5 Å². The van der Waals surface area contributed by atoms with Gasteiger partial charge in [-0.15, -0.1) is 11.3 Å². The van der Waals surface area contributed by atoms with E-state index in [1.165, 1.54) is 11.3 Å². The molecule has 1 aromatic heterocycles. The topological polar surface area (TPSA) is 63.7 Å². The number of benzene rings is 2. The van der Waals surface area contributed by atoms with E-state index in [1.54, 1.807) is 14.2 Å². The van der Waals surface area contributed by atoms with Crippen molar-refractivity contribution in [3.05, 3.63) is 53.5 Å². The van der Waals surface area contributed by atoms with Crippen LogP contribution in [0.3, 0.4) is 0 Å². The molecule has 6 nitrogen and oxygen atoms in total. The summed E-state index contributed by atoms with van der Waals surface area (Å²) < 4.78 is 10.6. The Bertz CT molecular complexity index is 982. The highest BCUT2D eigenvalue weighted by Crippen LogP contribution is 2.33. The first-order chi connectivity index (χ1) is 14.6. The molecule has 0 unspecified atom stereocenters. The van der Waals surface area contributed by atoms with Gasteiger partial charge in [0.1, 0.15) is 5.01 Å². The van der Waals surface area contributed by atoms with E-state index in [1.807, 2.05) is 47.8 Å². The number of ether oxygens (including phenoxy) is 2. The Morgan fingerprint density at radius 1 is 1.03 bits per heavy atom. The van der Waals surface area contributed by atoms with Crippen LogP contribution in [0.4, 0.5) is 11.4 Å². The van der Waals surface area contributed by atoms with E-state index in [-0.39, 0.29) is 12.3 Å². The number of hydrogen-bond donors (Lipinski definition) is 1. The van der Waals surface area contributed by atoms with Gasteiger partial charge < -0.3 is 19.7 Å².